The van der Waals surface area contributed by atoms with Gasteiger partial charge in [0.2, 0.25) is 15.9 Å². The molecule has 5 nitrogen and oxygen atoms in total. The number of hydrogen-bond donors (Lipinski definition) is 1. The van der Waals surface area contributed by atoms with Crippen LogP contribution in [0.15, 0.2) is 36.4 Å². The van der Waals surface area contributed by atoms with Gasteiger partial charge in [-0.25, -0.2) is 8.42 Å². The van der Waals surface area contributed by atoms with Crippen LogP contribution in [0.4, 0.5) is 11.4 Å². The summed E-state index contributed by atoms with van der Waals surface area (Å²) in [7, 11) is -3.59. The minimum absolute atomic E-state index is 0.261. The molecule has 0 aliphatic heterocycles. The first-order valence-electron chi connectivity index (χ1n) is 8.56. The molecule has 1 amide bonds. The van der Waals surface area contributed by atoms with E-state index in [4.69, 9.17) is 0 Å². The van der Waals surface area contributed by atoms with Crippen molar-refractivity contribution < 1.29 is 13.2 Å². The molecule has 0 radical (unpaired) electrons. The van der Waals surface area contributed by atoms with E-state index >= 15 is 0 Å². The Kier molecular flexibility index (Phi) is 6.08. The van der Waals surface area contributed by atoms with Gasteiger partial charge in [-0.15, -0.1) is 0 Å². The molecule has 26 heavy (non-hydrogen) atoms. The molecule has 6 heteroatoms. The fourth-order valence-electron chi connectivity index (χ4n) is 3.12. The maximum Gasteiger partial charge on any atom is 0.245 e. The van der Waals surface area contributed by atoms with Gasteiger partial charge in [0.05, 0.1) is 11.9 Å². The van der Waals surface area contributed by atoms with E-state index < -0.39 is 10.0 Å². The van der Waals surface area contributed by atoms with Crippen LogP contribution < -0.4 is 9.62 Å². The van der Waals surface area contributed by atoms with E-state index in [-0.39, 0.29) is 12.5 Å². The normalized spacial score (nSPS) is 11.3. The summed E-state index contributed by atoms with van der Waals surface area (Å²) in [5.74, 6) is -0.364. The molecule has 0 aliphatic rings. The number of sulfonamides is 1. The first-order chi connectivity index (χ1) is 12.1. The van der Waals surface area contributed by atoms with Crippen LogP contribution in [0.1, 0.15) is 29.2 Å². The number of anilines is 2. The number of carbonyl (C=O) groups excluding carboxylic acids is 1. The van der Waals surface area contributed by atoms with E-state index in [0.717, 1.165) is 34.2 Å². The fourth-order valence-corrected chi connectivity index (χ4v) is 4.01. The van der Waals surface area contributed by atoms with Crippen molar-refractivity contribution in [3.05, 3.63) is 58.7 Å². The Morgan fingerprint density at radius 1 is 1.08 bits per heavy atom. The van der Waals surface area contributed by atoms with Gasteiger partial charge in [0.1, 0.15) is 6.54 Å². The van der Waals surface area contributed by atoms with Crippen LogP contribution in [0.2, 0.25) is 0 Å². The second-order valence-corrected chi connectivity index (χ2v) is 8.48. The van der Waals surface area contributed by atoms with Gasteiger partial charge in [-0.1, -0.05) is 42.8 Å². The van der Waals surface area contributed by atoms with Gasteiger partial charge in [-0.3, -0.25) is 9.10 Å². The summed E-state index contributed by atoms with van der Waals surface area (Å²) < 4.78 is 25.8. The lowest BCUT2D eigenvalue weighted by Gasteiger charge is -2.24. The molecular weight excluding hydrogens is 348 g/mol. The van der Waals surface area contributed by atoms with E-state index in [1.54, 1.807) is 12.1 Å². The average Bonchev–Trinajstić information content (AvgIpc) is 2.55. The quantitative estimate of drug-likeness (QED) is 0.840. The molecule has 0 saturated heterocycles. The molecule has 0 heterocycles. The fraction of sp³-hybridized carbons (Fsp3) is 0.350. The van der Waals surface area contributed by atoms with E-state index in [1.807, 2.05) is 52.0 Å². The number of amides is 1. The topological polar surface area (TPSA) is 66.5 Å². The first kappa shape index (κ1) is 20.0. The van der Waals surface area contributed by atoms with Crippen molar-refractivity contribution in [2.45, 2.75) is 34.1 Å². The van der Waals surface area contributed by atoms with Gasteiger partial charge in [0.25, 0.3) is 0 Å². The van der Waals surface area contributed by atoms with Crippen LogP contribution in [-0.2, 0) is 21.2 Å². The predicted octanol–water partition coefficient (Wildman–Crippen LogP) is 3.58. The van der Waals surface area contributed by atoms with Crippen LogP contribution in [-0.4, -0.2) is 27.1 Å². The third-order valence-corrected chi connectivity index (χ3v) is 5.40. The highest BCUT2D eigenvalue weighted by Crippen LogP contribution is 2.25. The molecule has 0 aromatic heterocycles. The monoisotopic (exact) mass is 374 g/mol. The zero-order valence-electron chi connectivity index (χ0n) is 16.0. The summed E-state index contributed by atoms with van der Waals surface area (Å²) in [4.78, 5) is 12.6. The number of nitrogens with one attached hydrogen (secondary N) is 1. The van der Waals surface area contributed by atoms with Gasteiger partial charge >= 0.3 is 0 Å². The molecule has 0 atom stereocenters. The number of para-hydroxylation sites is 1. The average molecular weight is 375 g/mol. The summed E-state index contributed by atoms with van der Waals surface area (Å²) in [5, 5.41) is 2.87. The highest BCUT2D eigenvalue weighted by molar-refractivity contribution is 7.92. The van der Waals surface area contributed by atoms with Crippen LogP contribution in [0.5, 0.6) is 0 Å². The maximum absolute atomic E-state index is 12.6. The lowest BCUT2D eigenvalue weighted by molar-refractivity contribution is -0.114. The predicted molar refractivity (Wildman–Crippen MR) is 107 cm³/mol. The standard InChI is InChI=1S/C20H26N2O3S/c1-6-17-9-7-8-10-18(17)22(26(5,24)25)13-19(23)21-20-15(3)11-14(2)12-16(20)4/h7-12H,6,13H2,1-5H3,(H,21,23). The Morgan fingerprint density at radius 2 is 1.65 bits per heavy atom. The Labute approximate surface area is 156 Å². The summed E-state index contributed by atoms with van der Waals surface area (Å²) in [6, 6.07) is 11.2. The molecule has 2 aromatic rings. The van der Waals surface area contributed by atoms with Crippen molar-refractivity contribution in [3.63, 3.8) is 0 Å². The third kappa shape index (κ3) is 4.64. The molecule has 2 aromatic carbocycles. The molecule has 0 bridgehead atoms. The number of benzene rings is 2. The number of aryl methyl sites for hydroxylation is 4. The summed E-state index contributed by atoms with van der Waals surface area (Å²) in [6.07, 6.45) is 1.80. The lowest BCUT2D eigenvalue weighted by atomic mass is 10.1. The van der Waals surface area contributed by atoms with Crippen molar-refractivity contribution in [1.82, 2.24) is 0 Å². The minimum Gasteiger partial charge on any atom is -0.324 e. The highest BCUT2D eigenvalue weighted by atomic mass is 32.2. The van der Waals surface area contributed by atoms with Crippen molar-refractivity contribution in [3.8, 4) is 0 Å². The van der Waals surface area contributed by atoms with Gasteiger partial charge in [0, 0.05) is 5.69 Å². The minimum atomic E-state index is -3.59. The number of carbonyl (C=O) groups is 1. The Balaban J connectivity index is 2.32. The Morgan fingerprint density at radius 3 is 2.19 bits per heavy atom. The SMILES string of the molecule is CCc1ccccc1N(CC(=O)Nc1c(C)cc(C)cc1C)S(C)(=O)=O. The van der Waals surface area contributed by atoms with Crippen LogP contribution >= 0.6 is 0 Å². The molecule has 0 unspecified atom stereocenters. The lowest BCUT2D eigenvalue weighted by Crippen LogP contribution is -2.38. The summed E-state index contributed by atoms with van der Waals surface area (Å²) in [6.45, 7) is 7.55. The van der Waals surface area contributed by atoms with E-state index in [1.165, 1.54) is 4.31 Å². The van der Waals surface area contributed by atoms with Crippen molar-refractivity contribution >= 4 is 27.3 Å². The molecule has 2 rings (SSSR count). The van der Waals surface area contributed by atoms with Gasteiger partial charge < -0.3 is 5.32 Å². The molecule has 0 aliphatic carbocycles. The smallest absolute Gasteiger partial charge is 0.245 e. The molecule has 140 valence electrons. The summed E-state index contributed by atoms with van der Waals surface area (Å²) >= 11 is 0. The molecule has 0 fully saturated rings. The van der Waals surface area contributed by atoms with Crippen LogP contribution in [0.25, 0.3) is 0 Å². The summed E-state index contributed by atoms with van der Waals surface area (Å²) in [5.41, 5.74) is 5.19. The van der Waals surface area contributed by atoms with Crippen LogP contribution in [0.3, 0.4) is 0 Å². The highest BCUT2D eigenvalue weighted by Gasteiger charge is 2.23. The van der Waals surface area contributed by atoms with Gasteiger partial charge in [0.15, 0.2) is 0 Å². The second-order valence-electron chi connectivity index (χ2n) is 6.57. The van der Waals surface area contributed by atoms with Crippen molar-refractivity contribution in [1.29, 1.82) is 0 Å². The second kappa shape index (κ2) is 7.91. The maximum atomic E-state index is 12.6. The molecule has 0 spiro atoms. The van der Waals surface area contributed by atoms with Gasteiger partial charge in [-0.05, 0) is 49.9 Å². The van der Waals surface area contributed by atoms with E-state index in [9.17, 15) is 13.2 Å². The molecule has 1 N–H and O–H groups in total. The van der Waals surface area contributed by atoms with Crippen molar-refractivity contribution in [2.24, 2.45) is 0 Å². The van der Waals surface area contributed by atoms with E-state index in [0.29, 0.717) is 12.1 Å². The van der Waals surface area contributed by atoms with Crippen molar-refractivity contribution in [2.75, 3.05) is 22.4 Å². The zero-order valence-corrected chi connectivity index (χ0v) is 16.8. The van der Waals surface area contributed by atoms with E-state index in [2.05, 4.69) is 5.32 Å². The molecule has 0 saturated carbocycles. The third-order valence-electron chi connectivity index (χ3n) is 4.27. The largest absolute Gasteiger partial charge is 0.324 e. The number of hydrogen-bond acceptors (Lipinski definition) is 3. The first-order valence-corrected chi connectivity index (χ1v) is 10.4. The Bertz CT molecular complexity index is 897. The number of nitrogens with zero attached hydrogens (tertiary/aromatic N) is 1. The Hall–Kier alpha value is -2.34. The van der Waals surface area contributed by atoms with Gasteiger partial charge in [-0.2, -0.15) is 0 Å². The molecular formula is C20H26N2O3S. The van der Waals surface area contributed by atoms with Crippen LogP contribution in [0, 0.1) is 20.8 Å². The number of rotatable bonds is 6. The zero-order chi connectivity index (χ0) is 19.5.